The SMILES string of the molecule is Cc1nc(NC(=O)[C@@H](C)Nc2ccc3c(c2)OCCO3)sc1C. The zero-order valence-electron chi connectivity index (χ0n) is 13.3. The van der Waals surface area contributed by atoms with Gasteiger partial charge in [-0.25, -0.2) is 4.98 Å². The molecule has 1 aromatic heterocycles. The van der Waals surface area contributed by atoms with Crippen LogP contribution in [-0.2, 0) is 4.79 Å². The van der Waals surface area contributed by atoms with Crippen molar-refractivity contribution >= 4 is 28.1 Å². The summed E-state index contributed by atoms with van der Waals surface area (Å²) in [5.41, 5.74) is 1.75. The van der Waals surface area contributed by atoms with Crippen molar-refractivity contribution in [2.45, 2.75) is 26.8 Å². The van der Waals surface area contributed by atoms with Crippen molar-refractivity contribution in [2.75, 3.05) is 23.8 Å². The Kier molecular flexibility index (Phi) is 4.38. The molecular formula is C16H19N3O3S. The quantitative estimate of drug-likeness (QED) is 0.900. The molecule has 0 spiro atoms. The highest BCUT2D eigenvalue weighted by molar-refractivity contribution is 7.15. The van der Waals surface area contributed by atoms with E-state index in [1.807, 2.05) is 32.0 Å². The van der Waals surface area contributed by atoms with E-state index in [1.165, 1.54) is 11.3 Å². The van der Waals surface area contributed by atoms with Gasteiger partial charge in [-0.15, -0.1) is 11.3 Å². The van der Waals surface area contributed by atoms with Crippen molar-refractivity contribution in [3.63, 3.8) is 0 Å². The number of benzene rings is 1. The van der Waals surface area contributed by atoms with Gasteiger partial charge in [0.1, 0.15) is 19.3 Å². The van der Waals surface area contributed by atoms with Gasteiger partial charge in [-0.3, -0.25) is 4.79 Å². The number of amides is 1. The number of ether oxygens (including phenoxy) is 2. The molecule has 122 valence electrons. The topological polar surface area (TPSA) is 72.5 Å². The van der Waals surface area contributed by atoms with Crippen LogP contribution in [0.15, 0.2) is 18.2 Å². The predicted octanol–water partition coefficient (Wildman–Crippen LogP) is 2.97. The number of anilines is 2. The zero-order valence-corrected chi connectivity index (χ0v) is 14.1. The second-order valence-electron chi connectivity index (χ2n) is 5.37. The molecule has 1 aliphatic heterocycles. The first-order chi connectivity index (χ1) is 11.0. The average molecular weight is 333 g/mol. The number of nitrogens with zero attached hydrogens (tertiary/aromatic N) is 1. The molecule has 7 heteroatoms. The van der Waals surface area contributed by atoms with Gasteiger partial charge in [-0.1, -0.05) is 0 Å². The van der Waals surface area contributed by atoms with E-state index >= 15 is 0 Å². The number of hydrogen-bond acceptors (Lipinski definition) is 6. The summed E-state index contributed by atoms with van der Waals surface area (Å²) < 4.78 is 11.0. The van der Waals surface area contributed by atoms with Gasteiger partial charge in [0.05, 0.1) is 5.69 Å². The largest absolute Gasteiger partial charge is 0.486 e. The molecule has 0 radical (unpaired) electrons. The average Bonchev–Trinajstić information content (AvgIpc) is 2.85. The number of aryl methyl sites for hydroxylation is 2. The van der Waals surface area contributed by atoms with Gasteiger partial charge in [0.15, 0.2) is 16.6 Å². The molecule has 23 heavy (non-hydrogen) atoms. The van der Waals surface area contributed by atoms with E-state index in [1.54, 1.807) is 6.92 Å². The lowest BCUT2D eigenvalue weighted by atomic mass is 10.2. The molecule has 0 saturated carbocycles. The maximum atomic E-state index is 12.3. The molecule has 1 amide bonds. The number of carbonyl (C=O) groups excluding carboxylic acids is 1. The number of hydrogen-bond donors (Lipinski definition) is 2. The van der Waals surface area contributed by atoms with Gasteiger partial charge in [0, 0.05) is 16.6 Å². The second kappa shape index (κ2) is 6.45. The minimum atomic E-state index is -0.401. The van der Waals surface area contributed by atoms with Gasteiger partial charge in [-0.05, 0) is 32.9 Å². The summed E-state index contributed by atoms with van der Waals surface area (Å²) >= 11 is 1.48. The van der Waals surface area contributed by atoms with E-state index in [4.69, 9.17) is 9.47 Å². The third-order valence-corrected chi connectivity index (χ3v) is 4.57. The van der Waals surface area contributed by atoms with Crippen molar-refractivity contribution in [3.05, 3.63) is 28.8 Å². The fourth-order valence-corrected chi connectivity index (χ4v) is 3.01. The number of thiazole rings is 1. The standard InChI is InChI=1S/C16H19N3O3S/c1-9-11(3)23-16(18-9)19-15(20)10(2)17-12-4-5-13-14(8-12)22-7-6-21-13/h4-5,8,10,17H,6-7H2,1-3H3,(H,18,19,20)/t10-/m1/s1. The number of rotatable bonds is 4. The lowest BCUT2D eigenvalue weighted by Gasteiger charge is -2.20. The van der Waals surface area contributed by atoms with E-state index in [9.17, 15) is 4.79 Å². The molecule has 1 atom stereocenters. The fraction of sp³-hybridized carbons (Fsp3) is 0.375. The van der Waals surface area contributed by atoms with E-state index in [2.05, 4.69) is 15.6 Å². The summed E-state index contributed by atoms with van der Waals surface area (Å²) in [6.45, 7) is 6.82. The molecule has 3 rings (SSSR count). The second-order valence-corrected chi connectivity index (χ2v) is 6.58. The van der Waals surface area contributed by atoms with Crippen LogP contribution in [0.4, 0.5) is 10.8 Å². The Morgan fingerprint density at radius 1 is 1.26 bits per heavy atom. The minimum absolute atomic E-state index is 0.131. The van der Waals surface area contributed by atoms with Crippen molar-refractivity contribution in [1.29, 1.82) is 0 Å². The van der Waals surface area contributed by atoms with Gasteiger partial charge < -0.3 is 20.1 Å². The Labute approximate surface area is 138 Å². The summed E-state index contributed by atoms with van der Waals surface area (Å²) in [4.78, 5) is 17.7. The minimum Gasteiger partial charge on any atom is -0.486 e. The summed E-state index contributed by atoms with van der Waals surface area (Å²) in [6, 6.07) is 5.15. The van der Waals surface area contributed by atoms with Crippen molar-refractivity contribution in [2.24, 2.45) is 0 Å². The predicted molar refractivity (Wildman–Crippen MR) is 90.7 cm³/mol. The fourth-order valence-electron chi connectivity index (χ4n) is 2.19. The molecule has 0 fully saturated rings. The highest BCUT2D eigenvalue weighted by Gasteiger charge is 2.17. The van der Waals surface area contributed by atoms with Gasteiger partial charge in [0.2, 0.25) is 5.91 Å². The molecule has 0 aliphatic carbocycles. The van der Waals surface area contributed by atoms with Crippen LogP contribution in [0.5, 0.6) is 11.5 Å². The first-order valence-electron chi connectivity index (χ1n) is 7.44. The summed E-state index contributed by atoms with van der Waals surface area (Å²) in [5, 5.41) is 6.62. The summed E-state index contributed by atoms with van der Waals surface area (Å²) in [5.74, 6) is 1.29. The third kappa shape index (κ3) is 3.56. The summed E-state index contributed by atoms with van der Waals surface area (Å²) in [7, 11) is 0. The van der Waals surface area contributed by atoms with Crippen molar-refractivity contribution < 1.29 is 14.3 Å². The molecule has 1 aromatic carbocycles. The zero-order chi connectivity index (χ0) is 16.4. The van der Waals surface area contributed by atoms with Crippen LogP contribution in [0.1, 0.15) is 17.5 Å². The number of carbonyl (C=O) groups is 1. The van der Waals surface area contributed by atoms with Crippen molar-refractivity contribution in [1.82, 2.24) is 4.98 Å². The van der Waals surface area contributed by atoms with Crippen LogP contribution < -0.4 is 20.1 Å². The lowest BCUT2D eigenvalue weighted by Crippen LogP contribution is -2.31. The van der Waals surface area contributed by atoms with Gasteiger partial charge >= 0.3 is 0 Å². The maximum absolute atomic E-state index is 12.3. The van der Waals surface area contributed by atoms with Crippen LogP contribution in [0.3, 0.4) is 0 Å². The molecule has 0 unspecified atom stereocenters. The smallest absolute Gasteiger partial charge is 0.248 e. The Morgan fingerprint density at radius 3 is 2.70 bits per heavy atom. The van der Waals surface area contributed by atoms with Crippen molar-refractivity contribution in [3.8, 4) is 11.5 Å². The molecule has 2 N–H and O–H groups in total. The first kappa shape index (κ1) is 15.6. The van der Waals surface area contributed by atoms with Crippen LogP contribution in [0.2, 0.25) is 0 Å². The monoisotopic (exact) mass is 333 g/mol. The van der Waals surface area contributed by atoms with Gasteiger partial charge in [-0.2, -0.15) is 0 Å². The molecule has 6 nitrogen and oxygen atoms in total. The highest BCUT2D eigenvalue weighted by Crippen LogP contribution is 2.32. The Hall–Kier alpha value is -2.28. The van der Waals surface area contributed by atoms with E-state index in [0.29, 0.717) is 24.1 Å². The lowest BCUT2D eigenvalue weighted by molar-refractivity contribution is -0.116. The normalized spacial score (nSPS) is 14.2. The Morgan fingerprint density at radius 2 is 2.00 bits per heavy atom. The highest BCUT2D eigenvalue weighted by atomic mass is 32.1. The number of nitrogens with one attached hydrogen (secondary N) is 2. The maximum Gasteiger partial charge on any atom is 0.248 e. The summed E-state index contributed by atoms with van der Waals surface area (Å²) in [6.07, 6.45) is 0. The van der Waals surface area contributed by atoms with Crippen LogP contribution in [-0.4, -0.2) is 30.1 Å². The van der Waals surface area contributed by atoms with Crippen LogP contribution in [0.25, 0.3) is 0 Å². The molecular weight excluding hydrogens is 314 g/mol. The molecule has 2 heterocycles. The molecule has 2 aromatic rings. The molecule has 0 saturated heterocycles. The molecule has 0 bridgehead atoms. The van der Waals surface area contributed by atoms with Crippen LogP contribution >= 0.6 is 11.3 Å². The van der Waals surface area contributed by atoms with E-state index in [-0.39, 0.29) is 5.91 Å². The van der Waals surface area contributed by atoms with E-state index in [0.717, 1.165) is 22.0 Å². The Bertz CT molecular complexity index is 710. The van der Waals surface area contributed by atoms with E-state index < -0.39 is 6.04 Å². The Balaban J connectivity index is 1.64. The third-order valence-electron chi connectivity index (χ3n) is 3.58. The number of fused-ring (bicyclic) bond motifs is 1. The first-order valence-corrected chi connectivity index (χ1v) is 8.25. The van der Waals surface area contributed by atoms with Crippen LogP contribution in [0, 0.1) is 13.8 Å². The molecule has 1 aliphatic rings. The number of aromatic nitrogens is 1. The van der Waals surface area contributed by atoms with Gasteiger partial charge in [0.25, 0.3) is 0 Å².